The van der Waals surface area contributed by atoms with Crippen molar-refractivity contribution < 1.29 is 13.2 Å². The molecule has 0 bridgehead atoms. The van der Waals surface area contributed by atoms with E-state index in [1.165, 1.54) is 5.56 Å². The van der Waals surface area contributed by atoms with E-state index >= 15 is 0 Å². The standard InChI is InChI=1S/C15H20F3N/c1-11(12-5-3-2-4-6-12)19-14-9-7-13(8-10-14)15(16,17)18/h2-6,11,13-14,19H,7-10H2,1H3. The topological polar surface area (TPSA) is 12.0 Å². The van der Waals surface area contributed by atoms with Gasteiger partial charge >= 0.3 is 6.18 Å². The maximum atomic E-state index is 12.6. The predicted molar refractivity (Wildman–Crippen MR) is 69.8 cm³/mol. The monoisotopic (exact) mass is 271 g/mol. The van der Waals surface area contributed by atoms with Crippen molar-refractivity contribution in [2.75, 3.05) is 0 Å². The lowest BCUT2D eigenvalue weighted by atomic mass is 9.85. The fraction of sp³-hybridized carbons (Fsp3) is 0.600. The Morgan fingerprint density at radius 1 is 1.05 bits per heavy atom. The molecule has 1 aromatic rings. The molecular formula is C15H20F3N. The predicted octanol–water partition coefficient (Wildman–Crippen LogP) is 4.46. The van der Waals surface area contributed by atoms with Crippen LogP contribution in [0.25, 0.3) is 0 Å². The molecule has 1 unspecified atom stereocenters. The van der Waals surface area contributed by atoms with Crippen LogP contribution in [-0.2, 0) is 0 Å². The summed E-state index contributed by atoms with van der Waals surface area (Å²) in [5.74, 6) is -1.10. The zero-order valence-corrected chi connectivity index (χ0v) is 11.1. The van der Waals surface area contributed by atoms with Crippen LogP contribution in [0, 0.1) is 5.92 Å². The summed E-state index contributed by atoms with van der Waals surface area (Å²) >= 11 is 0. The summed E-state index contributed by atoms with van der Waals surface area (Å²) in [5, 5.41) is 3.44. The Hall–Kier alpha value is -1.03. The molecule has 0 heterocycles. The van der Waals surface area contributed by atoms with Crippen LogP contribution in [-0.4, -0.2) is 12.2 Å². The first-order valence-electron chi connectivity index (χ1n) is 6.84. The lowest BCUT2D eigenvalue weighted by Gasteiger charge is -2.32. The number of alkyl halides is 3. The average Bonchev–Trinajstić information content (AvgIpc) is 2.39. The van der Waals surface area contributed by atoms with E-state index in [0.29, 0.717) is 12.8 Å². The minimum Gasteiger partial charge on any atom is -0.307 e. The quantitative estimate of drug-likeness (QED) is 0.856. The van der Waals surface area contributed by atoms with Crippen molar-refractivity contribution in [1.29, 1.82) is 0 Å². The molecule has 1 saturated carbocycles. The van der Waals surface area contributed by atoms with Crippen molar-refractivity contribution >= 4 is 0 Å². The van der Waals surface area contributed by atoms with Crippen molar-refractivity contribution in [3.63, 3.8) is 0 Å². The second-order valence-corrected chi connectivity index (χ2v) is 5.39. The Bertz CT molecular complexity index is 380. The van der Waals surface area contributed by atoms with Crippen LogP contribution >= 0.6 is 0 Å². The van der Waals surface area contributed by atoms with Crippen LogP contribution in [0.1, 0.15) is 44.2 Å². The Kier molecular flexibility index (Phi) is 4.50. The first-order chi connectivity index (χ1) is 8.97. The minimum atomic E-state index is -4.02. The second-order valence-electron chi connectivity index (χ2n) is 5.39. The Morgan fingerprint density at radius 2 is 1.63 bits per heavy atom. The van der Waals surface area contributed by atoms with E-state index in [9.17, 15) is 13.2 Å². The first kappa shape index (κ1) is 14.4. The third-order valence-corrected chi connectivity index (χ3v) is 3.98. The van der Waals surface area contributed by atoms with Crippen molar-refractivity contribution in [1.82, 2.24) is 5.32 Å². The zero-order valence-electron chi connectivity index (χ0n) is 11.1. The van der Waals surface area contributed by atoms with Gasteiger partial charge in [-0.3, -0.25) is 0 Å². The van der Waals surface area contributed by atoms with Gasteiger partial charge in [0.05, 0.1) is 5.92 Å². The molecule has 1 N–H and O–H groups in total. The molecule has 1 aromatic carbocycles. The third kappa shape index (κ3) is 3.96. The largest absolute Gasteiger partial charge is 0.391 e. The molecular weight excluding hydrogens is 251 g/mol. The van der Waals surface area contributed by atoms with Gasteiger partial charge < -0.3 is 5.32 Å². The number of hydrogen-bond donors (Lipinski definition) is 1. The molecule has 0 spiro atoms. The Balaban J connectivity index is 1.83. The molecule has 1 aliphatic rings. The molecule has 0 radical (unpaired) electrons. The molecule has 1 nitrogen and oxygen atoms in total. The lowest BCUT2D eigenvalue weighted by Crippen LogP contribution is -2.38. The van der Waals surface area contributed by atoms with Crippen LogP contribution in [0.3, 0.4) is 0 Å². The van der Waals surface area contributed by atoms with Crippen molar-refractivity contribution in [3.8, 4) is 0 Å². The van der Waals surface area contributed by atoms with E-state index in [1.807, 2.05) is 30.3 Å². The smallest absolute Gasteiger partial charge is 0.307 e. The van der Waals surface area contributed by atoms with Crippen molar-refractivity contribution in [3.05, 3.63) is 35.9 Å². The minimum absolute atomic E-state index is 0.189. The van der Waals surface area contributed by atoms with Gasteiger partial charge in [0.2, 0.25) is 0 Å². The van der Waals surface area contributed by atoms with Gasteiger partial charge in [-0.1, -0.05) is 30.3 Å². The van der Waals surface area contributed by atoms with Gasteiger partial charge in [-0.25, -0.2) is 0 Å². The van der Waals surface area contributed by atoms with Crippen LogP contribution in [0.2, 0.25) is 0 Å². The molecule has 1 fully saturated rings. The highest BCUT2D eigenvalue weighted by molar-refractivity contribution is 5.18. The molecule has 0 saturated heterocycles. The van der Waals surface area contributed by atoms with Crippen molar-refractivity contribution in [2.45, 2.75) is 50.9 Å². The fourth-order valence-electron chi connectivity index (χ4n) is 2.78. The van der Waals surface area contributed by atoms with Gasteiger partial charge in [0, 0.05) is 12.1 Å². The Morgan fingerprint density at radius 3 is 2.16 bits per heavy atom. The van der Waals surface area contributed by atoms with E-state index in [0.717, 1.165) is 0 Å². The summed E-state index contributed by atoms with van der Waals surface area (Å²) in [6, 6.07) is 10.4. The average molecular weight is 271 g/mol. The lowest BCUT2D eigenvalue weighted by molar-refractivity contribution is -0.182. The van der Waals surface area contributed by atoms with Gasteiger partial charge in [-0.05, 0) is 38.2 Å². The molecule has 106 valence electrons. The van der Waals surface area contributed by atoms with Gasteiger partial charge in [0.1, 0.15) is 0 Å². The summed E-state index contributed by atoms with van der Waals surface area (Å²) in [6.07, 6.45) is -2.29. The van der Waals surface area contributed by atoms with Gasteiger partial charge in [0.25, 0.3) is 0 Å². The maximum Gasteiger partial charge on any atom is 0.391 e. The highest BCUT2D eigenvalue weighted by Gasteiger charge is 2.41. The van der Waals surface area contributed by atoms with E-state index in [2.05, 4.69) is 12.2 Å². The van der Waals surface area contributed by atoms with E-state index in [-0.39, 0.29) is 24.9 Å². The van der Waals surface area contributed by atoms with Crippen LogP contribution in [0.5, 0.6) is 0 Å². The molecule has 0 aliphatic heterocycles. The van der Waals surface area contributed by atoms with E-state index < -0.39 is 12.1 Å². The number of nitrogens with one attached hydrogen (secondary N) is 1. The SMILES string of the molecule is CC(NC1CCC(C(F)(F)F)CC1)c1ccccc1. The van der Waals surface area contributed by atoms with Crippen LogP contribution < -0.4 is 5.32 Å². The second kappa shape index (κ2) is 5.95. The number of rotatable bonds is 3. The normalized spacial score (nSPS) is 26.1. The molecule has 1 atom stereocenters. The van der Waals surface area contributed by atoms with Gasteiger partial charge in [-0.15, -0.1) is 0 Å². The highest BCUT2D eigenvalue weighted by Crippen LogP contribution is 2.37. The molecule has 4 heteroatoms. The van der Waals surface area contributed by atoms with E-state index in [1.54, 1.807) is 0 Å². The van der Waals surface area contributed by atoms with Gasteiger partial charge in [-0.2, -0.15) is 13.2 Å². The van der Waals surface area contributed by atoms with Crippen molar-refractivity contribution in [2.24, 2.45) is 5.92 Å². The number of halogens is 3. The summed E-state index contributed by atoms with van der Waals surface area (Å²) in [6.45, 7) is 2.06. The zero-order chi connectivity index (χ0) is 13.9. The molecule has 2 rings (SSSR count). The van der Waals surface area contributed by atoms with E-state index in [4.69, 9.17) is 0 Å². The summed E-state index contributed by atoms with van der Waals surface area (Å²) < 4.78 is 37.7. The highest BCUT2D eigenvalue weighted by atomic mass is 19.4. The van der Waals surface area contributed by atoms with Gasteiger partial charge in [0.15, 0.2) is 0 Å². The fourth-order valence-corrected chi connectivity index (χ4v) is 2.78. The number of hydrogen-bond acceptors (Lipinski definition) is 1. The summed E-state index contributed by atoms with van der Waals surface area (Å²) in [4.78, 5) is 0. The maximum absolute atomic E-state index is 12.6. The third-order valence-electron chi connectivity index (χ3n) is 3.98. The first-order valence-corrected chi connectivity index (χ1v) is 6.84. The molecule has 1 aliphatic carbocycles. The summed E-state index contributed by atoms with van der Waals surface area (Å²) in [5.41, 5.74) is 1.18. The molecule has 0 aromatic heterocycles. The van der Waals surface area contributed by atoms with Crippen LogP contribution in [0.15, 0.2) is 30.3 Å². The molecule has 19 heavy (non-hydrogen) atoms. The number of benzene rings is 1. The summed E-state index contributed by atoms with van der Waals surface area (Å²) in [7, 11) is 0. The Labute approximate surface area is 112 Å². The molecule has 0 amide bonds. The van der Waals surface area contributed by atoms with Crippen LogP contribution in [0.4, 0.5) is 13.2 Å².